The quantitative estimate of drug-likeness (QED) is 0.328. The molecule has 0 aliphatic carbocycles. The monoisotopic (exact) mass is 487 g/mol. The van der Waals surface area contributed by atoms with E-state index in [0.29, 0.717) is 17.7 Å². The first kappa shape index (κ1) is 23.6. The Balaban J connectivity index is 1.61. The molecule has 0 saturated carbocycles. The average Bonchev–Trinajstić information content (AvgIpc) is 2.84. The van der Waals surface area contributed by atoms with Crippen LogP contribution in [0.1, 0.15) is 36.8 Å². The minimum Gasteiger partial charge on any atom is -0.492 e. The zero-order valence-electron chi connectivity index (χ0n) is 20.2. The lowest BCUT2D eigenvalue weighted by Crippen LogP contribution is -2.35. The number of hydrogen-bond donors (Lipinski definition) is 2. The summed E-state index contributed by atoms with van der Waals surface area (Å²) < 4.78 is 6.56. The molecule has 1 saturated heterocycles. The van der Waals surface area contributed by atoms with Gasteiger partial charge >= 0.3 is 0 Å². The van der Waals surface area contributed by atoms with Crippen LogP contribution in [-0.2, 0) is 0 Å². The molecular formula is C29H30ClN3O2. The Bertz CT molecular complexity index is 1380. The fourth-order valence-electron chi connectivity index (χ4n) is 4.95. The minimum absolute atomic E-state index is 0.148. The number of aryl methyl sites for hydroxylation is 2. The second-order valence-electron chi connectivity index (χ2n) is 9.45. The van der Waals surface area contributed by atoms with Gasteiger partial charge in [-0.2, -0.15) is 0 Å². The molecule has 2 aromatic heterocycles. The van der Waals surface area contributed by atoms with E-state index in [1.54, 1.807) is 12.3 Å². The van der Waals surface area contributed by atoms with E-state index in [4.69, 9.17) is 21.3 Å². The minimum atomic E-state index is -0.148. The lowest BCUT2D eigenvalue weighted by molar-refractivity contribution is 0.271. The Morgan fingerprint density at radius 1 is 1.03 bits per heavy atom. The number of fused-ring (bicyclic) bond motifs is 1. The van der Waals surface area contributed by atoms with E-state index in [-0.39, 0.29) is 5.56 Å². The normalized spacial score (nSPS) is 15.9. The van der Waals surface area contributed by atoms with Crippen molar-refractivity contribution in [2.24, 2.45) is 0 Å². The second kappa shape index (κ2) is 10.2. The van der Waals surface area contributed by atoms with E-state index in [1.165, 1.54) is 36.5 Å². The fourth-order valence-corrected chi connectivity index (χ4v) is 5.22. The molecule has 0 bridgehead atoms. The van der Waals surface area contributed by atoms with Crippen LogP contribution in [0.15, 0.2) is 59.7 Å². The molecule has 2 aromatic carbocycles. The summed E-state index contributed by atoms with van der Waals surface area (Å²) in [5.41, 5.74) is 6.75. The first-order chi connectivity index (χ1) is 17.0. The third-order valence-corrected chi connectivity index (χ3v) is 6.97. The van der Waals surface area contributed by atoms with Crippen LogP contribution in [0, 0.1) is 13.8 Å². The van der Waals surface area contributed by atoms with Crippen molar-refractivity contribution < 1.29 is 4.74 Å². The summed E-state index contributed by atoms with van der Waals surface area (Å²) in [5, 5.41) is 5.09. The Morgan fingerprint density at radius 3 is 2.57 bits per heavy atom. The third-order valence-electron chi connectivity index (χ3n) is 6.66. The maximum atomic E-state index is 11.6. The van der Waals surface area contributed by atoms with Crippen LogP contribution in [0.4, 0.5) is 0 Å². The summed E-state index contributed by atoms with van der Waals surface area (Å²) in [6.45, 7) is 5.91. The van der Waals surface area contributed by atoms with Gasteiger partial charge in [-0.1, -0.05) is 47.3 Å². The van der Waals surface area contributed by atoms with Gasteiger partial charge in [0.1, 0.15) is 5.75 Å². The van der Waals surface area contributed by atoms with E-state index < -0.39 is 0 Å². The van der Waals surface area contributed by atoms with Crippen LogP contribution in [0.25, 0.3) is 33.2 Å². The molecule has 1 fully saturated rings. The number of pyridine rings is 2. The molecule has 1 atom stereocenters. The van der Waals surface area contributed by atoms with E-state index >= 15 is 0 Å². The van der Waals surface area contributed by atoms with E-state index in [1.807, 2.05) is 18.3 Å². The Labute approximate surface area is 210 Å². The lowest BCUT2D eigenvalue weighted by atomic mass is 9.98. The first-order valence-corrected chi connectivity index (χ1v) is 12.6. The van der Waals surface area contributed by atoms with Crippen molar-refractivity contribution in [2.45, 2.75) is 45.6 Å². The summed E-state index contributed by atoms with van der Waals surface area (Å²) >= 11 is 6.65. The smallest absolute Gasteiger partial charge is 0.247 e. The summed E-state index contributed by atoms with van der Waals surface area (Å²) in [4.78, 5) is 19.1. The number of benzene rings is 2. The van der Waals surface area contributed by atoms with Gasteiger partial charge in [0.15, 0.2) is 0 Å². The number of nitrogens with one attached hydrogen (secondary N) is 2. The molecule has 4 aromatic rings. The molecular weight excluding hydrogens is 458 g/mol. The van der Waals surface area contributed by atoms with Gasteiger partial charge in [0.25, 0.3) is 0 Å². The SMILES string of the molecule is Cc1cc(C)cc(-c2cnc3cc(Cl)c(-c4ccc(=O)[nH]c4)cc3c2OCCC2CCCCN2)c1. The van der Waals surface area contributed by atoms with Gasteiger partial charge in [0.2, 0.25) is 5.56 Å². The zero-order valence-corrected chi connectivity index (χ0v) is 20.9. The molecule has 5 nitrogen and oxygen atoms in total. The predicted octanol–water partition coefficient (Wildman–Crippen LogP) is 6.44. The van der Waals surface area contributed by atoms with Gasteiger partial charge in [0, 0.05) is 41.0 Å². The third kappa shape index (κ3) is 5.26. The molecule has 3 heterocycles. The number of halogens is 1. The standard InChI is InChI=1S/C29H30ClN3O2/c1-18-11-19(2)13-21(12-18)25-17-32-27-15-26(30)23(20-6-7-28(34)33-16-20)14-24(27)29(25)35-10-8-22-5-3-4-9-31-22/h6-7,11-17,22,31H,3-5,8-10H2,1-2H3,(H,33,34). The molecule has 180 valence electrons. The molecule has 1 aliphatic heterocycles. The van der Waals surface area contributed by atoms with Crippen LogP contribution >= 0.6 is 11.6 Å². The summed E-state index contributed by atoms with van der Waals surface area (Å²) in [7, 11) is 0. The highest BCUT2D eigenvalue weighted by molar-refractivity contribution is 6.34. The lowest BCUT2D eigenvalue weighted by Gasteiger charge is -2.24. The van der Waals surface area contributed by atoms with Gasteiger partial charge in [-0.3, -0.25) is 9.78 Å². The number of aromatic amines is 1. The van der Waals surface area contributed by atoms with Crippen molar-refractivity contribution in [3.8, 4) is 28.0 Å². The van der Waals surface area contributed by atoms with E-state index in [2.05, 4.69) is 42.3 Å². The average molecular weight is 488 g/mol. The summed E-state index contributed by atoms with van der Waals surface area (Å²) in [6, 6.07) is 14.2. The van der Waals surface area contributed by atoms with Crippen LogP contribution in [0.3, 0.4) is 0 Å². The van der Waals surface area contributed by atoms with Gasteiger partial charge < -0.3 is 15.0 Å². The van der Waals surface area contributed by atoms with Crippen molar-refractivity contribution in [3.05, 3.63) is 81.4 Å². The van der Waals surface area contributed by atoms with Gasteiger partial charge in [-0.05, 0) is 69.0 Å². The van der Waals surface area contributed by atoms with Crippen molar-refractivity contribution in [3.63, 3.8) is 0 Å². The Hall–Kier alpha value is -3.15. The molecule has 0 amide bonds. The molecule has 5 rings (SSSR count). The number of piperidine rings is 1. The van der Waals surface area contributed by atoms with Crippen LogP contribution in [0.5, 0.6) is 5.75 Å². The predicted molar refractivity (Wildman–Crippen MR) is 143 cm³/mol. The van der Waals surface area contributed by atoms with Crippen LogP contribution < -0.4 is 15.6 Å². The number of rotatable bonds is 6. The number of ether oxygens (including phenoxy) is 1. The van der Waals surface area contributed by atoms with Gasteiger partial charge in [0.05, 0.1) is 17.1 Å². The van der Waals surface area contributed by atoms with E-state index in [0.717, 1.165) is 51.9 Å². The molecule has 0 radical (unpaired) electrons. The second-order valence-corrected chi connectivity index (χ2v) is 9.86. The molecule has 0 spiro atoms. The van der Waals surface area contributed by atoms with Crippen molar-refractivity contribution in [1.29, 1.82) is 0 Å². The van der Waals surface area contributed by atoms with Crippen LogP contribution in [0.2, 0.25) is 5.02 Å². The first-order valence-electron chi connectivity index (χ1n) is 12.2. The number of H-pyrrole nitrogens is 1. The Kier molecular flexibility index (Phi) is 6.89. The number of hydrogen-bond acceptors (Lipinski definition) is 4. The topological polar surface area (TPSA) is 67.0 Å². The molecule has 35 heavy (non-hydrogen) atoms. The largest absolute Gasteiger partial charge is 0.492 e. The van der Waals surface area contributed by atoms with E-state index in [9.17, 15) is 4.79 Å². The van der Waals surface area contributed by atoms with Gasteiger partial charge in [-0.25, -0.2) is 0 Å². The maximum absolute atomic E-state index is 11.6. The molecule has 6 heteroatoms. The highest BCUT2D eigenvalue weighted by Crippen LogP contribution is 2.40. The van der Waals surface area contributed by atoms with Crippen molar-refractivity contribution in [2.75, 3.05) is 13.2 Å². The highest BCUT2D eigenvalue weighted by Gasteiger charge is 2.18. The number of aromatic nitrogens is 2. The zero-order chi connectivity index (χ0) is 24.4. The highest BCUT2D eigenvalue weighted by atomic mass is 35.5. The maximum Gasteiger partial charge on any atom is 0.247 e. The van der Waals surface area contributed by atoms with Crippen molar-refractivity contribution >= 4 is 22.5 Å². The Morgan fingerprint density at radius 2 is 1.86 bits per heavy atom. The van der Waals surface area contributed by atoms with Crippen molar-refractivity contribution in [1.82, 2.24) is 15.3 Å². The van der Waals surface area contributed by atoms with Gasteiger partial charge in [-0.15, -0.1) is 0 Å². The molecule has 2 N–H and O–H groups in total. The summed E-state index contributed by atoms with van der Waals surface area (Å²) in [6.07, 6.45) is 8.24. The number of nitrogens with zero attached hydrogens (tertiary/aromatic N) is 1. The molecule has 1 unspecified atom stereocenters. The van der Waals surface area contributed by atoms with Crippen LogP contribution in [-0.4, -0.2) is 29.2 Å². The fraction of sp³-hybridized carbons (Fsp3) is 0.310. The summed E-state index contributed by atoms with van der Waals surface area (Å²) in [5.74, 6) is 0.818. The molecule has 1 aliphatic rings.